The number of nitrogens with one attached hydrogen (secondary N) is 1. The summed E-state index contributed by atoms with van der Waals surface area (Å²) in [7, 11) is 0. The number of carbonyl (C=O) groups excluding carboxylic acids is 1. The average molecular weight is 288 g/mol. The van der Waals surface area contributed by atoms with E-state index in [4.69, 9.17) is 5.11 Å². The van der Waals surface area contributed by atoms with Gasteiger partial charge in [0.1, 0.15) is 11.5 Å². The summed E-state index contributed by atoms with van der Waals surface area (Å²) in [6.07, 6.45) is 0. The highest BCUT2D eigenvalue weighted by molar-refractivity contribution is 9.09. The molecule has 0 saturated carbocycles. The number of halogens is 1. The van der Waals surface area contributed by atoms with E-state index >= 15 is 0 Å². The number of alkyl halides is 1. The fourth-order valence-electron chi connectivity index (χ4n) is 1.12. The Morgan fingerprint density at radius 1 is 1.44 bits per heavy atom. The molecule has 0 saturated heterocycles. The Labute approximate surface area is 102 Å². The van der Waals surface area contributed by atoms with E-state index in [1.807, 2.05) is 13.8 Å². The minimum absolute atomic E-state index is 0.0752. The van der Waals surface area contributed by atoms with E-state index in [2.05, 4.69) is 21.2 Å². The zero-order chi connectivity index (χ0) is 12.3. The predicted molar refractivity (Wildman–Crippen MR) is 65.1 cm³/mol. The molecule has 3 N–H and O–H groups in total. The second-order valence-corrected chi connectivity index (χ2v) is 4.73. The third kappa shape index (κ3) is 3.13. The van der Waals surface area contributed by atoms with Gasteiger partial charge in [0.15, 0.2) is 0 Å². The van der Waals surface area contributed by atoms with Crippen molar-refractivity contribution in [3.8, 4) is 11.5 Å². The molecule has 0 fully saturated rings. The van der Waals surface area contributed by atoms with Crippen molar-refractivity contribution in [1.29, 1.82) is 0 Å². The van der Waals surface area contributed by atoms with Gasteiger partial charge in [-0.3, -0.25) is 4.79 Å². The van der Waals surface area contributed by atoms with E-state index in [0.29, 0.717) is 5.33 Å². The van der Waals surface area contributed by atoms with Crippen LogP contribution in [0.25, 0.3) is 0 Å². The van der Waals surface area contributed by atoms with Crippen molar-refractivity contribution in [3.05, 3.63) is 23.8 Å². The van der Waals surface area contributed by atoms with E-state index in [0.717, 1.165) is 6.07 Å². The molecule has 0 atom stereocenters. The zero-order valence-electron chi connectivity index (χ0n) is 9.12. The molecule has 1 aromatic rings. The zero-order valence-corrected chi connectivity index (χ0v) is 10.7. The maximum absolute atomic E-state index is 11.8. The Morgan fingerprint density at radius 2 is 2.06 bits per heavy atom. The minimum Gasteiger partial charge on any atom is -0.508 e. The van der Waals surface area contributed by atoms with Crippen LogP contribution in [0, 0.1) is 0 Å². The molecule has 0 spiro atoms. The smallest absolute Gasteiger partial charge is 0.255 e. The lowest BCUT2D eigenvalue weighted by Gasteiger charge is -2.23. The molecule has 1 amide bonds. The second-order valence-electron chi connectivity index (χ2n) is 4.17. The second kappa shape index (κ2) is 4.74. The predicted octanol–water partition coefficient (Wildman–Crippen LogP) is 2.00. The number of phenolic OH excluding ortho intramolecular Hbond substituents is 2. The van der Waals surface area contributed by atoms with E-state index in [1.54, 1.807) is 0 Å². The molecule has 0 aliphatic heterocycles. The van der Waals surface area contributed by atoms with Gasteiger partial charge < -0.3 is 15.5 Å². The first-order valence-corrected chi connectivity index (χ1v) is 5.88. The van der Waals surface area contributed by atoms with Crippen LogP contribution in [0.2, 0.25) is 0 Å². The fraction of sp³-hybridized carbons (Fsp3) is 0.364. The van der Waals surface area contributed by atoms with Crippen LogP contribution in [0.1, 0.15) is 24.2 Å². The first kappa shape index (κ1) is 12.8. The highest BCUT2D eigenvalue weighted by Crippen LogP contribution is 2.23. The topological polar surface area (TPSA) is 69.6 Å². The molecular weight excluding hydrogens is 274 g/mol. The van der Waals surface area contributed by atoms with Crippen molar-refractivity contribution < 1.29 is 15.0 Å². The van der Waals surface area contributed by atoms with Crippen LogP contribution < -0.4 is 5.32 Å². The molecule has 16 heavy (non-hydrogen) atoms. The van der Waals surface area contributed by atoms with Crippen LogP contribution in [0.5, 0.6) is 11.5 Å². The summed E-state index contributed by atoms with van der Waals surface area (Å²) in [5.74, 6) is -0.682. The van der Waals surface area contributed by atoms with Gasteiger partial charge in [-0.25, -0.2) is 0 Å². The molecule has 0 bridgehead atoms. The van der Waals surface area contributed by atoms with Gasteiger partial charge in [-0.1, -0.05) is 15.9 Å². The Hall–Kier alpha value is -1.23. The van der Waals surface area contributed by atoms with E-state index < -0.39 is 5.54 Å². The third-order valence-electron chi connectivity index (χ3n) is 2.01. The van der Waals surface area contributed by atoms with Crippen molar-refractivity contribution in [2.24, 2.45) is 0 Å². The number of hydrogen-bond donors (Lipinski definition) is 3. The van der Waals surface area contributed by atoms with Gasteiger partial charge in [0.2, 0.25) is 0 Å². The number of hydrogen-bond acceptors (Lipinski definition) is 3. The molecular formula is C11H14BrNO3. The molecule has 0 radical (unpaired) electrons. The molecule has 0 aliphatic carbocycles. The lowest BCUT2D eigenvalue weighted by atomic mass is 10.1. The van der Waals surface area contributed by atoms with Crippen molar-refractivity contribution >= 4 is 21.8 Å². The maximum Gasteiger partial charge on any atom is 0.255 e. The quantitative estimate of drug-likeness (QED) is 0.745. The summed E-state index contributed by atoms with van der Waals surface area (Å²) in [6.45, 7) is 3.72. The van der Waals surface area contributed by atoms with E-state index in [1.165, 1.54) is 12.1 Å². The highest BCUT2D eigenvalue weighted by atomic mass is 79.9. The van der Waals surface area contributed by atoms with Crippen molar-refractivity contribution in [2.75, 3.05) is 5.33 Å². The van der Waals surface area contributed by atoms with Gasteiger partial charge >= 0.3 is 0 Å². The lowest BCUT2D eigenvalue weighted by Crippen LogP contribution is -2.44. The average Bonchev–Trinajstić information content (AvgIpc) is 2.16. The van der Waals surface area contributed by atoms with Crippen LogP contribution in [-0.4, -0.2) is 27.0 Å². The molecule has 5 heteroatoms. The van der Waals surface area contributed by atoms with Gasteiger partial charge in [-0.2, -0.15) is 0 Å². The number of benzene rings is 1. The van der Waals surface area contributed by atoms with Gasteiger partial charge in [0, 0.05) is 16.9 Å². The summed E-state index contributed by atoms with van der Waals surface area (Å²) < 4.78 is 0. The van der Waals surface area contributed by atoms with Gasteiger partial charge in [-0.05, 0) is 26.0 Å². The first-order chi connectivity index (χ1) is 7.35. The van der Waals surface area contributed by atoms with Gasteiger partial charge in [-0.15, -0.1) is 0 Å². The van der Waals surface area contributed by atoms with Crippen LogP contribution >= 0.6 is 15.9 Å². The molecule has 0 aromatic heterocycles. The van der Waals surface area contributed by atoms with E-state index in [-0.39, 0.29) is 23.0 Å². The molecule has 1 aromatic carbocycles. The minimum atomic E-state index is -0.401. The van der Waals surface area contributed by atoms with Crippen LogP contribution in [0.3, 0.4) is 0 Å². The molecule has 1 rings (SSSR count). The molecule has 0 heterocycles. The van der Waals surface area contributed by atoms with Crippen LogP contribution in [-0.2, 0) is 0 Å². The first-order valence-electron chi connectivity index (χ1n) is 4.76. The monoisotopic (exact) mass is 287 g/mol. The number of aromatic hydroxyl groups is 2. The van der Waals surface area contributed by atoms with Gasteiger partial charge in [0.25, 0.3) is 5.91 Å². The summed E-state index contributed by atoms with van der Waals surface area (Å²) in [5.41, 5.74) is -0.256. The molecule has 0 unspecified atom stereocenters. The van der Waals surface area contributed by atoms with Crippen molar-refractivity contribution in [1.82, 2.24) is 5.32 Å². The molecule has 4 nitrogen and oxygen atoms in total. The number of carbonyl (C=O) groups is 1. The Balaban J connectivity index is 2.89. The van der Waals surface area contributed by atoms with Crippen molar-refractivity contribution in [3.63, 3.8) is 0 Å². The largest absolute Gasteiger partial charge is 0.508 e. The maximum atomic E-state index is 11.8. The van der Waals surface area contributed by atoms with Crippen molar-refractivity contribution in [2.45, 2.75) is 19.4 Å². The Morgan fingerprint density at radius 3 is 2.56 bits per heavy atom. The summed E-state index contributed by atoms with van der Waals surface area (Å²) in [4.78, 5) is 11.8. The number of rotatable bonds is 3. The van der Waals surface area contributed by atoms with E-state index in [9.17, 15) is 9.90 Å². The Bertz CT molecular complexity index is 404. The SMILES string of the molecule is CC(C)(CBr)NC(=O)c1ccc(O)cc1O. The third-order valence-corrected chi connectivity index (χ3v) is 3.41. The summed E-state index contributed by atoms with van der Waals surface area (Å²) in [5, 5.41) is 22.0. The normalized spacial score (nSPS) is 11.2. The number of amides is 1. The molecule has 88 valence electrons. The van der Waals surface area contributed by atoms with Gasteiger partial charge in [0.05, 0.1) is 5.56 Å². The molecule has 0 aliphatic rings. The Kier molecular flexibility index (Phi) is 3.80. The number of phenols is 2. The highest BCUT2D eigenvalue weighted by Gasteiger charge is 2.21. The van der Waals surface area contributed by atoms with Crippen LogP contribution in [0.4, 0.5) is 0 Å². The summed E-state index contributed by atoms with van der Waals surface area (Å²) in [6, 6.07) is 3.87. The standard InChI is InChI=1S/C11H14BrNO3/c1-11(2,6-12)13-10(16)8-4-3-7(14)5-9(8)15/h3-5,14-15H,6H2,1-2H3,(H,13,16). The lowest BCUT2D eigenvalue weighted by molar-refractivity contribution is 0.0918. The van der Waals surface area contributed by atoms with Crippen LogP contribution in [0.15, 0.2) is 18.2 Å². The fourth-order valence-corrected chi connectivity index (χ4v) is 1.26. The summed E-state index contributed by atoms with van der Waals surface area (Å²) >= 11 is 3.28.